The molecule has 0 heterocycles. The molecule has 0 spiro atoms. The number of anilines is 1. The first-order valence-corrected chi connectivity index (χ1v) is 14.6. The Bertz CT molecular complexity index is 945. The number of halogens is 1. The molecule has 2 rings (SSSR count). The molecule has 6 heteroatoms. The van der Waals surface area contributed by atoms with E-state index in [-0.39, 0.29) is 12.6 Å². The Kier molecular flexibility index (Phi) is 8.04. The number of nitriles is 1. The number of carbonyl (C=O) groups excluding carboxylic acids is 1. The zero-order valence-electron chi connectivity index (χ0n) is 18.8. The molecule has 0 aliphatic carbocycles. The van der Waals surface area contributed by atoms with Crippen LogP contribution in [-0.4, -0.2) is 27.3 Å². The summed E-state index contributed by atoms with van der Waals surface area (Å²) >= 11 is 3.57. The topological polar surface area (TPSA) is 53.3 Å². The average molecular weight is 488 g/mol. The van der Waals surface area contributed by atoms with E-state index in [9.17, 15) is 10.1 Å². The number of hydrogen-bond acceptors (Lipinski definition) is 3. The van der Waals surface area contributed by atoms with Crippen molar-refractivity contribution in [1.82, 2.24) is 0 Å². The molecule has 160 valence electrons. The number of rotatable bonds is 8. The molecule has 4 nitrogen and oxygen atoms in total. The van der Waals surface area contributed by atoms with Gasteiger partial charge in [0, 0.05) is 30.4 Å². The van der Waals surface area contributed by atoms with Crippen LogP contribution >= 0.6 is 15.9 Å². The molecule has 1 amide bonds. The van der Waals surface area contributed by atoms with Crippen LogP contribution in [0.15, 0.2) is 46.9 Å². The molecule has 30 heavy (non-hydrogen) atoms. The first kappa shape index (κ1) is 24.3. The molecule has 0 bridgehead atoms. The van der Waals surface area contributed by atoms with Crippen LogP contribution in [-0.2, 0) is 10.2 Å². The van der Waals surface area contributed by atoms with E-state index in [1.807, 2.05) is 57.2 Å². The van der Waals surface area contributed by atoms with Crippen LogP contribution in [0.4, 0.5) is 5.69 Å². The second kappa shape index (κ2) is 9.91. The van der Waals surface area contributed by atoms with Gasteiger partial charge in [-0.3, -0.25) is 9.69 Å². The van der Waals surface area contributed by atoms with Gasteiger partial charge in [-0.25, -0.2) is 0 Å². The molecule has 0 atom stereocenters. The standard InChI is InChI=1S/C24H31BrN2O2Si/c1-18-10-11-21(15-22(18)25)27(17-29-12-13-30(4,5)6)23(28)19-8-7-9-20(14-19)24(2,3)16-26/h7-11,14-15H,12-13,17H2,1-6H3. The molecule has 0 aromatic heterocycles. The maximum absolute atomic E-state index is 13.5. The lowest BCUT2D eigenvalue weighted by Gasteiger charge is -2.25. The summed E-state index contributed by atoms with van der Waals surface area (Å²) in [7, 11) is -1.22. The van der Waals surface area contributed by atoms with Crippen molar-refractivity contribution in [2.45, 2.75) is 51.9 Å². The molecule has 0 saturated carbocycles. The Morgan fingerprint density at radius 2 is 1.90 bits per heavy atom. The van der Waals surface area contributed by atoms with E-state index in [0.717, 1.165) is 27.3 Å². The van der Waals surface area contributed by atoms with Crippen molar-refractivity contribution < 1.29 is 9.53 Å². The van der Waals surface area contributed by atoms with Gasteiger partial charge in [-0.05, 0) is 62.2 Å². The van der Waals surface area contributed by atoms with Crippen LogP contribution in [0.1, 0.15) is 35.3 Å². The van der Waals surface area contributed by atoms with Gasteiger partial charge in [0.25, 0.3) is 5.91 Å². The van der Waals surface area contributed by atoms with Crippen molar-refractivity contribution in [2.75, 3.05) is 18.2 Å². The van der Waals surface area contributed by atoms with E-state index in [1.54, 1.807) is 11.0 Å². The molecular formula is C24H31BrN2O2Si. The van der Waals surface area contributed by atoms with Crippen LogP contribution in [0, 0.1) is 18.3 Å². The fraction of sp³-hybridized carbons (Fsp3) is 0.417. The van der Waals surface area contributed by atoms with Crippen molar-refractivity contribution in [3.05, 3.63) is 63.6 Å². The number of ether oxygens (including phenoxy) is 1. The van der Waals surface area contributed by atoms with Gasteiger partial charge in [0.05, 0.1) is 11.5 Å². The van der Waals surface area contributed by atoms with Gasteiger partial charge >= 0.3 is 0 Å². The minimum absolute atomic E-state index is 0.144. The van der Waals surface area contributed by atoms with E-state index in [2.05, 4.69) is 41.6 Å². The molecule has 2 aromatic carbocycles. The summed E-state index contributed by atoms with van der Waals surface area (Å²) in [5.41, 5.74) is 2.57. The molecule has 2 aromatic rings. The molecule has 0 radical (unpaired) electrons. The Morgan fingerprint density at radius 3 is 2.50 bits per heavy atom. The number of amides is 1. The zero-order chi connectivity index (χ0) is 22.5. The normalized spacial score (nSPS) is 11.8. The van der Waals surface area contributed by atoms with E-state index < -0.39 is 13.5 Å². The Labute approximate surface area is 190 Å². The van der Waals surface area contributed by atoms with Crippen molar-refractivity contribution in [2.24, 2.45) is 0 Å². The molecule has 0 saturated heterocycles. The van der Waals surface area contributed by atoms with E-state index in [4.69, 9.17) is 4.74 Å². The molecule has 0 unspecified atom stereocenters. The van der Waals surface area contributed by atoms with Crippen LogP contribution in [0.5, 0.6) is 0 Å². The van der Waals surface area contributed by atoms with Gasteiger partial charge in [0.1, 0.15) is 6.73 Å². The van der Waals surface area contributed by atoms with Crippen molar-refractivity contribution >= 4 is 35.6 Å². The predicted molar refractivity (Wildman–Crippen MR) is 130 cm³/mol. The summed E-state index contributed by atoms with van der Waals surface area (Å²) in [6, 6.07) is 16.5. The van der Waals surface area contributed by atoms with Crippen LogP contribution in [0.2, 0.25) is 25.7 Å². The predicted octanol–water partition coefficient (Wildman–Crippen LogP) is 6.52. The highest BCUT2D eigenvalue weighted by molar-refractivity contribution is 9.10. The molecule has 0 aliphatic rings. The third kappa shape index (κ3) is 6.53. The van der Waals surface area contributed by atoms with Gasteiger partial charge in [-0.2, -0.15) is 5.26 Å². The Balaban J connectivity index is 2.33. The molecular weight excluding hydrogens is 456 g/mol. The van der Waals surface area contributed by atoms with Crippen molar-refractivity contribution in [1.29, 1.82) is 5.26 Å². The largest absolute Gasteiger partial charge is 0.361 e. The molecule has 0 aliphatic heterocycles. The minimum atomic E-state index is -1.22. The van der Waals surface area contributed by atoms with Gasteiger partial charge in [0.15, 0.2) is 0 Å². The number of hydrogen-bond donors (Lipinski definition) is 0. The highest BCUT2D eigenvalue weighted by Crippen LogP contribution is 2.27. The first-order valence-electron chi connectivity index (χ1n) is 10.1. The summed E-state index contributed by atoms with van der Waals surface area (Å²) in [4.78, 5) is 15.1. The highest BCUT2D eigenvalue weighted by atomic mass is 79.9. The summed E-state index contributed by atoms with van der Waals surface area (Å²) in [6.07, 6.45) is 0. The fourth-order valence-electron chi connectivity index (χ4n) is 2.80. The van der Waals surface area contributed by atoms with Crippen LogP contribution in [0.25, 0.3) is 0 Å². The lowest BCUT2D eigenvalue weighted by Crippen LogP contribution is -2.34. The van der Waals surface area contributed by atoms with Crippen LogP contribution < -0.4 is 4.90 Å². The zero-order valence-corrected chi connectivity index (χ0v) is 21.3. The molecule has 0 N–H and O–H groups in total. The first-order chi connectivity index (χ1) is 13.9. The minimum Gasteiger partial charge on any atom is -0.361 e. The summed E-state index contributed by atoms with van der Waals surface area (Å²) < 4.78 is 6.87. The van der Waals surface area contributed by atoms with Gasteiger partial charge in [0.2, 0.25) is 0 Å². The van der Waals surface area contributed by atoms with Gasteiger partial charge < -0.3 is 4.74 Å². The fourth-order valence-corrected chi connectivity index (χ4v) is 3.92. The monoisotopic (exact) mass is 486 g/mol. The quantitative estimate of drug-likeness (QED) is 0.242. The highest BCUT2D eigenvalue weighted by Gasteiger charge is 2.24. The number of benzene rings is 2. The van der Waals surface area contributed by atoms with E-state index in [1.165, 1.54) is 0 Å². The lowest BCUT2D eigenvalue weighted by molar-refractivity contribution is 0.0900. The van der Waals surface area contributed by atoms with Crippen molar-refractivity contribution in [3.8, 4) is 6.07 Å². The average Bonchev–Trinajstić information content (AvgIpc) is 2.69. The summed E-state index contributed by atoms with van der Waals surface area (Å²) in [5, 5.41) is 9.46. The second-order valence-corrected chi connectivity index (χ2v) is 15.8. The number of aryl methyl sites for hydroxylation is 1. The van der Waals surface area contributed by atoms with E-state index in [0.29, 0.717) is 12.2 Å². The number of nitrogens with zero attached hydrogens (tertiary/aromatic N) is 2. The van der Waals surface area contributed by atoms with Crippen molar-refractivity contribution in [3.63, 3.8) is 0 Å². The maximum Gasteiger partial charge on any atom is 0.260 e. The number of carbonyl (C=O) groups is 1. The SMILES string of the molecule is Cc1ccc(N(COCC[Si](C)(C)C)C(=O)c2cccc(C(C)(C)C#N)c2)cc1Br. The second-order valence-electron chi connectivity index (χ2n) is 9.33. The third-order valence-corrected chi connectivity index (χ3v) is 7.60. The molecule has 0 fully saturated rings. The van der Waals surface area contributed by atoms with Gasteiger partial charge in [-0.1, -0.05) is 53.8 Å². The summed E-state index contributed by atoms with van der Waals surface area (Å²) in [6.45, 7) is 13.4. The van der Waals surface area contributed by atoms with Gasteiger partial charge in [-0.15, -0.1) is 0 Å². The third-order valence-electron chi connectivity index (χ3n) is 5.04. The van der Waals surface area contributed by atoms with Crippen LogP contribution in [0.3, 0.4) is 0 Å². The smallest absolute Gasteiger partial charge is 0.260 e. The Morgan fingerprint density at radius 1 is 1.20 bits per heavy atom. The lowest BCUT2D eigenvalue weighted by atomic mass is 9.85. The summed E-state index contributed by atoms with van der Waals surface area (Å²) in [5.74, 6) is -0.144. The maximum atomic E-state index is 13.5. The Hall–Kier alpha value is -1.94. The van der Waals surface area contributed by atoms with E-state index >= 15 is 0 Å².